The second-order valence-electron chi connectivity index (χ2n) is 9.25. The lowest BCUT2D eigenvalue weighted by atomic mass is 9.44. The number of Topliss-reactive ketones (excluding diaryl/α,β-unsaturated/α-hetero) is 1. The zero-order chi connectivity index (χ0) is 24.6. The van der Waals surface area contributed by atoms with Gasteiger partial charge < -0.3 is 19.8 Å². The Labute approximate surface area is 188 Å². The third-order valence-corrected chi connectivity index (χ3v) is 6.98. The van der Waals surface area contributed by atoms with Gasteiger partial charge in [0.05, 0.1) is 13.2 Å². The number of phenolic OH excluding ortho intramolecular Hbond substituents is 2. The lowest BCUT2D eigenvalue weighted by molar-refractivity contribution is -0.757. The molecule has 11 heteroatoms. The maximum Gasteiger partial charge on any atom is 0.381 e. The molecule has 3 aliphatic rings. The highest BCUT2D eigenvalue weighted by Gasteiger charge is 2.59. The molecule has 2 bridgehead atoms. The Bertz CT molecular complexity index is 925. The minimum absolute atomic E-state index is 0.0177. The van der Waals surface area contributed by atoms with Crippen LogP contribution < -0.4 is 0 Å². The van der Waals surface area contributed by atoms with E-state index in [0.29, 0.717) is 19.3 Å². The standard InChI is InChI=1S/C22H27F2NO8/c1-21(2)14-11-15(21)16(26)10-13(14)19-17(27)8-12(9-18(19)28)22(23,24)20(29)32-6-4-3-5-7-33-25(30)31/h8-9,13-15,27-28H,3-7,10-11H2,1-2H3/t13-,14-,15+/m1/s1. The molecule has 3 fully saturated rings. The van der Waals surface area contributed by atoms with Gasteiger partial charge in [-0.25, -0.2) is 4.79 Å². The van der Waals surface area contributed by atoms with Gasteiger partial charge in [0.25, 0.3) is 5.09 Å². The number of benzene rings is 1. The van der Waals surface area contributed by atoms with Crippen molar-refractivity contribution in [1.82, 2.24) is 0 Å². The van der Waals surface area contributed by atoms with Crippen LogP contribution in [0.5, 0.6) is 11.5 Å². The molecule has 0 aliphatic heterocycles. The van der Waals surface area contributed by atoms with Crippen molar-refractivity contribution >= 4 is 11.8 Å². The Balaban J connectivity index is 1.65. The molecule has 9 nitrogen and oxygen atoms in total. The lowest BCUT2D eigenvalue weighted by Crippen LogP contribution is -2.56. The molecule has 33 heavy (non-hydrogen) atoms. The average Bonchev–Trinajstić information content (AvgIpc) is 2.71. The van der Waals surface area contributed by atoms with Gasteiger partial charge in [-0.15, -0.1) is 10.1 Å². The van der Waals surface area contributed by atoms with Gasteiger partial charge in [0.1, 0.15) is 17.3 Å². The summed E-state index contributed by atoms with van der Waals surface area (Å²) in [7, 11) is 0. The van der Waals surface area contributed by atoms with E-state index in [1.165, 1.54) is 0 Å². The van der Waals surface area contributed by atoms with Crippen LogP contribution in [0.25, 0.3) is 0 Å². The molecular weight excluding hydrogens is 444 g/mol. The predicted octanol–water partition coefficient (Wildman–Crippen LogP) is 3.83. The number of carbonyl (C=O) groups is 2. The van der Waals surface area contributed by atoms with Crippen molar-refractivity contribution in [2.75, 3.05) is 13.2 Å². The monoisotopic (exact) mass is 471 g/mol. The predicted molar refractivity (Wildman–Crippen MR) is 109 cm³/mol. The fourth-order valence-corrected chi connectivity index (χ4v) is 5.07. The van der Waals surface area contributed by atoms with Gasteiger partial charge >= 0.3 is 11.9 Å². The molecule has 0 amide bonds. The second-order valence-corrected chi connectivity index (χ2v) is 9.25. The Hall–Kier alpha value is -2.98. The maximum atomic E-state index is 14.6. The fourth-order valence-electron chi connectivity index (χ4n) is 5.07. The van der Waals surface area contributed by atoms with E-state index < -0.39 is 40.0 Å². The molecule has 0 saturated heterocycles. The number of alkyl halides is 2. The first kappa shape index (κ1) is 24.7. The third-order valence-electron chi connectivity index (χ3n) is 6.98. The molecule has 3 saturated carbocycles. The van der Waals surface area contributed by atoms with Crippen LogP contribution in [-0.2, 0) is 25.1 Å². The lowest BCUT2D eigenvalue weighted by Gasteiger charge is -2.59. The summed E-state index contributed by atoms with van der Waals surface area (Å²) in [5.74, 6) is -7.67. The van der Waals surface area contributed by atoms with Crippen molar-refractivity contribution in [3.05, 3.63) is 33.4 Å². The minimum atomic E-state index is -4.12. The molecule has 0 aromatic heterocycles. The number of carbonyl (C=O) groups excluding carboxylic acids is 2. The Kier molecular flexibility index (Phi) is 6.80. The molecule has 3 atom stereocenters. The summed E-state index contributed by atoms with van der Waals surface area (Å²) < 4.78 is 33.9. The number of hydrogen-bond donors (Lipinski definition) is 2. The van der Waals surface area contributed by atoms with Crippen LogP contribution in [0, 0.1) is 27.4 Å². The van der Waals surface area contributed by atoms with Crippen LogP contribution in [0.1, 0.15) is 63.0 Å². The number of ketones is 1. The van der Waals surface area contributed by atoms with E-state index in [0.717, 1.165) is 12.1 Å². The number of nitrogens with zero attached hydrogens (tertiary/aromatic N) is 1. The SMILES string of the molecule is CC1(C)[C@@H]2C[C@H]1C(=O)C[C@H]2c1c(O)cc(C(F)(F)C(=O)OCCCCCO[N+](=O)[O-])cc1O. The van der Waals surface area contributed by atoms with E-state index in [4.69, 9.17) is 0 Å². The summed E-state index contributed by atoms with van der Waals surface area (Å²) in [6, 6.07) is 1.46. The first-order valence-corrected chi connectivity index (χ1v) is 10.8. The van der Waals surface area contributed by atoms with Crippen molar-refractivity contribution in [3.8, 4) is 11.5 Å². The molecule has 182 valence electrons. The van der Waals surface area contributed by atoms with Crippen LogP contribution in [0.3, 0.4) is 0 Å². The molecule has 0 radical (unpaired) electrons. The first-order valence-electron chi connectivity index (χ1n) is 10.8. The van der Waals surface area contributed by atoms with E-state index in [2.05, 4.69) is 9.57 Å². The van der Waals surface area contributed by atoms with E-state index >= 15 is 0 Å². The summed E-state index contributed by atoms with van der Waals surface area (Å²) >= 11 is 0. The highest BCUT2D eigenvalue weighted by molar-refractivity contribution is 5.86. The van der Waals surface area contributed by atoms with E-state index in [9.17, 15) is 38.7 Å². The highest BCUT2D eigenvalue weighted by Crippen LogP contribution is 2.64. The Morgan fingerprint density at radius 2 is 1.82 bits per heavy atom. The highest BCUT2D eigenvalue weighted by atomic mass is 19.3. The van der Waals surface area contributed by atoms with Crippen LogP contribution in [0.15, 0.2) is 12.1 Å². The van der Waals surface area contributed by atoms with Crippen molar-refractivity contribution < 1.29 is 43.2 Å². The third kappa shape index (κ3) is 4.72. The van der Waals surface area contributed by atoms with Crippen molar-refractivity contribution in [2.24, 2.45) is 17.3 Å². The molecule has 1 aromatic carbocycles. The van der Waals surface area contributed by atoms with Crippen LogP contribution in [0.4, 0.5) is 8.78 Å². The Morgan fingerprint density at radius 1 is 1.21 bits per heavy atom. The van der Waals surface area contributed by atoms with E-state index in [1.807, 2.05) is 13.8 Å². The zero-order valence-corrected chi connectivity index (χ0v) is 18.4. The summed E-state index contributed by atoms with van der Waals surface area (Å²) in [4.78, 5) is 38.5. The molecule has 2 N–H and O–H groups in total. The number of ether oxygens (including phenoxy) is 1. The summed E-state index contributed by atoms with van der Waals surface area (Å²) in [5, 5.41) is 30.0. The van der Waals surface area contributed by atoms with Crippen LogP contribution in [-0.4, -0.2) is 40.3 Å². The topological polar surface area (TPSA) is 136 Å². The molecule has 0 unspecified atom stereocenters. The average molecular weight is 471 g/mol. The number of fused-ring (bicyclic) bond motifs is 2. The second kappa shape index (κ2) is 9.11. The first-order chi connectivity index (χ1) is 15.4. The smallest absolute Gasteiger partial charge is 0.381 e. The molecule has 0 heterocycles. The van der Waals surface area contributed by atoms with E-state index in [-0.39, 0.29) is 54.7 Å². The van der Waals surface area contributed by atoms with Crippen LogP contribution >= 0.6 is 0 Å². The van der Waals surface area contributed by atoms with Crippen molar-refractivity contribution in [3.63, 3.8) is 0 Å². The number of rotatable bonds is 10. The maximum absolute atomic E-state index is 14.6. The van der Waals surface area contributed by atoms with Gasteiger partial charge in [-0.2, -0.15) is 8.78 Å². The minimum Gasteiger partial charge on any atom is -0.508 e. The number of unbranched alkanes of at least 4 members (excludes halogenated alkanes) is 2. The Morgan fingerprint density at radius 3 is 2.36 bits per heavy atom. The van der Waals surface area contributed by atoms with Gasteiger partial charge in [-0.3, -0.25) is 4.79 Å². The number of esters is 1. The fraction of sp³-hybridized carbons (Fsp3) is 0.636. The summed E-state index contributed by atoms with van der Waals surface area (Å²) in [6.45, 7) is 3.41. The number of halogens is 2. The largest absolute Gasteiger partial charge is 0.508 e. The molecule has 3 aliphatic carbocycles. The molecule has 0 spiro atoms. The molecule has 1 aromatic rings. The quantitative estimate of drug-likeness (QED) is 0.227. The molecule has 4 rings (SSSR count). The van der Waals surface area contributed by atoms with Gasteiger partial charge in [0.15, 0.2) is 0 Å². The van der Waals surface area contributed by atoms with Crippen LogP contribution in [0.2, 0.25) is 0 Å². The normalized spacial score (nSPS) is 23.5. The molecular formula is C22H27F2NO8. The van der Waals surface area contributed by atoms with Gasteiger partial charge in [-0.05, 0) is 49.1 Å². The van der Waals surface area contributed by atoms with E-state index in [1.54, 1.807) is 0 Å². The van der Waals surface area contributed by atoms with Crippen molar-refractivity contribution in [1.29, 1.82) is 0 Å². The summed E-state index contributed by atoms with van der Waals surface area (Å²) in [6.07, 6.45) is 1.59. The number of phenols is 2. The van der Waals surface area contributed by atoms with Gasteiger partial charge in [0, 0.05) is 29.4 Å². The number of aromatic hydroxyl groups is 2. The number of hydrogen-bond acceptors (Lipinski definition) is 8. The van der Waals surface area contributed by atoms with Gasteiger partial charge in [0.2, 0.25) is 0 Å². The van der Waals surface area contributed by atoms with Gasteiger partial charge in [-0.1, -0.05) is 13.8 Å². The van der Waals surface area contributed by atoms with Crippen molar-refractivity contribution in [2.45, 2.75) is 57.8 Å². The summed E-state index contributed by atoms with van der Waals surface area (Å²) in [5.41, 5.74) is -1.18. The zero-order valence-electron chi connectivity index (χ0n) is 18.4.